The first-order chi connectivity index (χ1) is 1.91. The standard InChI is InChI=1S/C3H8O.Co/c1-2-3-4;/h4H,2-3H2,1H3;. The smallest absolute Gasteiger partial charge is 0.0428 e. The Kier molecular flexibility index (Phi) is 16.0. The van der Waals surface area contributed by atoms with E-state index in [9.17, 15) is 0 Å². The van der Waals surface area contributed by atoms with Gasteiger partial charge in [0.25, 0.3) is 0 Å². The molecule has 0 saturated heterocycles. The number of rotatable bonds is 1. The molecule has 1 N–H and O–H groups in total. The van der Waals surface area contributed by atoms with Gasteiger partial charge in [0.1, 0.15) is 0 Å². The quantitative estimate of drug-likeness (QED) is 0.529. The topological polar surface area (TPSA) is 20.2 Å². The largest absolute Gasteiger partial charge is 0.396 e. The molecule has 0 aliphatic carbocycles. The summed E-state index contributed by atoms with van der Waals surface area (Å²) < 4.78 is 0. The van der Waals surface area contributed by atoms with E-state index in [0.29, 0.717) is 6.61 Å². The van der Waals surface area contributed by atoms with Crippen LogP contribution in [0.15, 0.2) is 0 Å². The SMILES string of the molecule is CCCO.[Co]. The Balaban J connectivity index is 0. The molecule has 0 aliphatic heterocycles. The molecular weight excluding hydrogens is 111 g/mol. The van der Waals surface area contributed by atoms with Crippen molar-refractivity contribution in [1.82, 2.24) is 0 Å². The molecule has 5 heavy (non-hydrogen) atoms. The summed E-state index contributed by atoms with van der Waals surface area (Å²) in [7, 11) is 0. The van der Waals surface area contributed by atoms with Crippen LogP contribution in [0, 0.1) is 0 Å². The van der Waals surface area contributed by atoms with E-state index >= 15 is 0 Å². The van der Waals surface area contributed by atoms with Crippen molar-refractivity contribution in [3.63, 3.8) is 0 Å². The second-order valence-corrected chi connectivity index (χ2v) is 0.724. The van der Waals surface area contributed by atoms with E-state index in [1.54, 1.807) is 0 Å². The third kappa shape index (κ3) is 12.6. The van der Waals surface area contributed by atoms with Gasteiger partial charge >= 0.3 is 0 Å². The Bertz CT molecular complexity index is 8.85. The Hall–Kier alpha value is 0.466. The summed E-state index contributed by atoms with van der Waals surface area (Å²) in [5, 5.41) is 7.88. The van der Waals surface area contributed by atoms with E-state index in [1.807, 2.05) is 6.92 Å². The summed E-state index contributed by atoms with van der Waals surface area (Å²) in [5.74, 6) is 0. The molecule has 0 amide bonds. The van der Waals surface area contributed by atoms with Crippen molar-refractivity contribution in [2.45, 2.75) is 13.3 Å². The fraction of sp³-hybridized carbons (Fsp3) is 1.00. The molecule has 0 spiro atoms. The van der Waals surface area contributed by atoms with Gasteiger partial charge in [-0.05, 0) is 6.42 Å². The Labute approximate surface area is 42.6 Å². The van der Waals surface area contributed by atoms with Crippen molar-refractivity contribution in [2.75, 3.05) is 6.61 Å². The van der Waals surface area contributed by atoms with Crippen molar-refractivity contribution in [3.8, 4) is 0 Å². The summed E-state index contributed by atoms with van der Waals surface area (Å²) in [5.41, 5.74) is 0. The zero-order valence-corrected chi connectivity index (χ0v) is 4.24. The van der Waals surface area contributed by atoms with Crippen molar-refractivity contribution in [1.29, 1.82) is 0 Å². The Morgan fingerprint density at radius 1 is 1.60 bits per heavy atom. The average Bonchev–Trinajstić information content (AvgIpc) is 1.37. The minimum Gasteiger partial charge on any atom is -0.396 e. The summed E-state index contributed by atoms with van der Waals surface area (Å²) >= 11 is 0. The first-order valence-corrected chi connectivity index (χ1v) is 1.52. The normalized spacial score (nSPS) is 6.00. The van der Waals surface area contributed by atoms with Crippen molar-refractivity contribution >= 4 is 0 Å². The summed E-state index contributed by atoms with van der Waals surface area (Å²) in [6, 6.07) is 0. The Morgan fingerprint density at radius 2 is 1.80 bits per heavy atom. The zero-order chi connectivity index (χ0) is 3.41. The van der Waals surface area contributed by atoms with Gasteiger partial charge in [-0.25, -0.2) is 0 Å². The third-order valence-corrected chi connectivity index (χ3v) is 0.224. The molecule has 0 aromatic carbocycles. The van der Waals surface area contributed by atoms with Gasteiger partial charge in [0.2, 0.25) is 0 Å². The zero-order valence-electron chi connectivity index (χ0n) is 3.19. The minimum atomic E-state index is 0. The average molecular weight is 119 g/mol. The van der Waals surface area contributed by atoms with Gasteiger partial charge in [-0.3, -0.25) is 0 Å². The van der Waals surface area contributed by atoms with Crippen LogP contribution in [0.1, 0.15) is 13.3 Å². The van der Waals surface area contributed by atoms with Crippen LogP contribution in [0.2, 0.25) is 0 Å². The number of aliphatic hydroxyl groups excluding tert-OH is 1. The monoisotopic (exact) mass is 119 g/mol. The summed E-state index contributed by atoms with van der Waals surface area (Å²) in [4.78, 5) is 0. The van der Waals surface area contributed by atoms with E-state index in [4.69, 9.17) is 5.11 Å². The molecule has 2 heteroatoms. The van der Waals surface area contributed by atoms with Gasteiger partial charge in [-0.1, -0.05) is 6.92 Å². The molecular formula is C3H8CoO. The van der Waals surface area contributed by atoms with E-state index in [1.165, 1.54) is 0 Å². The molecule has 0 atom stereocenters. The van der Waals surface area contributed by atoms with Crippen molar-refractivity contribution in [3.05, 3.63) is 0 Å². The summed E-state index contributed by atoms with van der Waals surface area (Å²) in [6.45, 7) is 2.25. The Morgan fingerprint density at radius 3 is 1.80 bits per heavy atom. The molecule has 0 aromatic rings. The second kappa shape index (κ2) is 8.82. The molecule has 0 aliphatic rings. The van der Waals surface area contributed by atoms with Crippen LogP contribution in [0.3, 0.4) is 0 Å². The number of hydrogen-bond donors (Lipinski definition) is 1. The first-order valence-electron chi connectivity index (χ1n) is 1.52. The predicted molar refractivity (Wildman–Crippen MR) is 17.4 cm³/mol. The maximum absolute atomic E-state index is 7.88. The molecule has 0 aromatic heterocycles. The van der Waals surface area contributed by atoms with Crippen LogP contribution in [0.5, 0.6) is 0 Å². The maximum Gasteiger partial charge on any atom is 0.0428 e. The minimum absolute atomic E-state index is 0. The fourth-order valence-electron chi connectivity index (χ4n) is 0. The molecule has 1 nitrogen and oxygen atoms in total. The molecule has 0 heterocycles. The van der Waals surface area contributed by atoms with Crippen LogP contribution in [0.4, 0.5) is 0 Å². The second-order valence-electron chi connectivity index (χ2n) is 0.724. The first kappa shape index (κ1) is 9.08. The van der Waals surface area contributed by atoms with Crippen LogP contribution in [-0.2, 0) is 16.8 Å². The van der Waals surface area contributed by atoms with Gasteiger partial charge in [0.15, 0.2) is 0 Å². The molecule has 0 fully saturated rings. The third-order valence-electron chi connectivity index (χ3n) is 0.224. The molecule has 0 bridgehead atoms. The van der Waals surface area contributed by atoms with Crippen LogP contribution >= 0.6 is 0 Å². The maximum atomic E-state index is 7.88. The van der Waals surface area contributed by atoms with Gasteiger partial charge in [-0.2, -0.15) is 0 Å². The number of aliphatic hydroxyl groups is 1. The van der Waals surface area contributed by atoms with Gasteiger partial charge in [0, 0.05) is 23.4 Å². The van der Waals surface area contributed by atoms with E-state index in [2.05, 4.69) is 0 Å². The summed E-state index contributed by atoms with van der Waals surface area (Å²) in [6.07, 6.45) is 0.875. The molecule has 0 saturated carbocycles. The molecule has 1 radical (unpaired) electrons. The van der Waals surface area contributed by atoms with Gasteiger partial charge in [-0.15, -0.1) is 0 Å². The van der Waals surface area contributed by atoms with E-state index in [0.717, 1.165) is 6.42 Å². The number of hydrogen-bond acceptors (Lipinski definition) is 1. The van der Waals surface area contributed by atoms with Gasteiger partial charge in [0.05, 0.1) is 0 Å². The van der Waals surface area contributed by atoms with Crippen LogP contribution < -0.4 is 0 Å². The van der Waals surface area contributed by atoms with Crippen LogP contribution in [-0.4, -0.2) is 11.7 Å². The predicted octanol–water partition coefficient (Wildman–Crippen LogP) is 0.386. The molecule has 35 valence electrons. The molecule has 0 rings (SSSR count). The van der Waals surface area contributed by atoms with E-state index in [-0.39, 0.29) is 16.8 Å². The van der Waals surface area contributed by atoms with Crippen molar-refractivity contribution in [2.24, 2.45) is 0 Å². The molecule has 0 unspecified atom stereocenters. The van der Waals surface area contributed by atoms with Gasteiger partial charge < -0.3 is 5.11 Å². The fourth-order valence-corrected chi connectivity index (χ4v) is 0. The van der Waals surface area contributed by atoms with Crippen LogP contribution in [0.25, 0.3) is 0 Å². The van der Waals surface area contributed by atoms with Crippen molar-refractivity contribution < 1.29 is 21.9 Å². The van der Waals surface area contributed by atoms with E-state index < -0.39 is 0 Å².